The molecule has 0 unspecified atom stereocenters. The second-order valence-corrected chi connectivity index (χ2v) is 4.47. The minimum Gasteiger partial charge on any atom is -0.376 e. The van der Waals surface area contributed by atoms with E-state index in [9.17, 15) is 4.79 Å². The van der Waals surface area contributed by atoms with Crippen LogP contribution in [0.4, 0.5) is 5.69 Å². The molecule has 6 heteroatoms. The van der Waals surface area contributed by atoms with Crippen molar-refractivity contribution < 1.29 is 9.32 Å². The molecular weight excluding hydrogens is 244 g/mol. The molecule has 6 nitrogen and oxygen atoms in total. The second kappa shape index (κ2) is 4.72. The third-order valence-corrected chi connectivity index (χ3v) is 3.05. The summed E-state index contributed by atoms with van der Waals surface area (Å²) in [7, 11) is 0. The Morgan fingerprint density at radius 1 is 1.47 bits per heavy atom. The molecule has 0 radical (unpaired) electrons. The number of anilines is 1. The highest BCUT2D eigenvalue weighted by Crippen LogP contribution is 2.19. The first-order chi connectivity index (χ1) is 9.22. The minimum atomic E-state index is -0.0152. The SMILES string of the molecule is Cc1noc(CNc2ccc3c(c2)C(=O)NCC3)n1. The highest BCUT2D eigenvalue weighted by atomic mass is 16.5. The summed E-state index contributed by atoms with van der Waals surface area (Å²) < 4.78 is 5.02. The van der Waals surface area contributed by atoms with Crippen LogP contribution in [-0.4, -0.2) is 22.6 Å². The van der Waals surface area contributed by atoms with Crippen LogP contribution < -0.4 is 10.6 Å². The summed E-state index contributed by atoms with van der Waals surface area (Å²) in [6, 6.07) is 5.79. The first-order valence-electron chi connectivity index (χ1n) is 6.16. The van der Waals surface area contributed by atoms with Gasteiger partial charge >= 0.3 is 0 Å². The van der Waals surface area contributed by atoms with Gasteiger partial charge in [0.25, 0.3) is 5.91 Å². The zero-order valence-electron chi connectivity index (χ0n) is 10.6. The molecule has 0 saturated heterocycles. The summed E-state index contributed by atoms with van der Waals surface area (Å²) in [4.78, 5) is 15.8. The van der Waals surface area contributed by atoms with Crippen LogP contribution in [0.3, 0.4) is 0 Å². The molecule has 2 N–H and O–H groups in total. The topological polar surface area (TPSA) is 80.0 Å². The Kier molecular flexibility index (Phi) is 2.91. The molecule has 0 aliphatic carbocycles. The molecule has 3 rings (SSSR count). The quantitative estimate of drug-likeness (QED) is 0.866. The number of nitrogens with one attached hydrogen (secondary N) is 2. The van der Waals surface area contributed by atoms with E-state index in [4.69, 9.17) is 4.52 Å². The zero-order valence-corrected chi connectivity index (χ0v) is 10.6. The van der Waals surface area contributed by atoms with Gasteiger partial charge in [0.15, 0.2) is 5.82 Å². The van der Waals surface area contributed by atoms with Gasteiger partial charge in [-0.25, -0.2) is 0 Å². The van der Waals surface area contributed by atoms with Crippen LogP contribution in [0.2, 0.25) is 0 Å². The lowest BCUT2D eigenvalue weighted by Gasteiger charge is -2.17. The van der Waals surface area contributed by atoms with Crippen molar-refractivity contribution in [1.29, 1.82) is 0 Å². The maximum absolute atomic E-state index is 11.7. The van der Waals surface area contributed by atoms with Crippen LogP contribution in [0.1, 0.15) is 27.6 Å². The normalized spacial score (nSPS) is 13.8. The van der Waals surface area contributed by atoms with Crippen LogP contribution in [0.25, 0.3) is 0 Å². The molecule has 1 aromatic heterocycles. The van der Waals surface area contributed by atoms with E-state index in [2.05, 4.69) is 20.8 Å². The number of benzene rings is 1. The smallest absolute Gasteiger partial charge is 0.251 e. The molecule has 98 valence electrons. The van der Waals surface area contributed by atoms with Gasteiger partial charge in [0, 0.05) is 17.8 Å². The van der Waals surface area contributed by atoms with Crippen molar-refractivity contribution in [1.82, 2.24) is 15.5 Å². The molecule has 19 heavy (non-hydrogen) atoms. The third-order valence-electron chi connectivity index (χ3n) is 3.05. The van der Waals surface area contributed by atoms with Gasteiger partial charge < -0.3 is 15.2 Å². The molecule has 0 fully saturated rings. The predicted octanol–water partition coefficient (Wildman–Crippen LogP) is 1.28. The average Bonchev–Trinajstić information content (AvgIpc) is 2.83. The lowest BCUT2D eigenvalue weighted by Crippen LogP contribution is -2.31. The average molecular weight is 258 g/mol. The van der Waals surface area contributed by atoms with Crippen LogP contribution in [-0.2, 0) is 13.0 Å². The summed E-state index contributed by atoms with van der Waals surface area (Å²) in [5.41, 5.74) is 2.69. The molecule has 0 saturated carbocycles. The van der Waals surface area contributed by atoms with Crippen LogP contribution in [0, 0.1) is 6.92 Å². The number of carbonyl (C=O) groups is 1. The van der Waals surface area contributed by atoms with Gasteiger partial charge in [0.05, 0.1) is 6.54 Å². The van der Waals surface area contributed by atoms with E-state index in [-0.39, 0.29) is 5.91 Å². The Labute approximate surface area is 110 Å². The molecule has 0 bridgehead atoms. The van der Waals surface area contributed by atoms with Crippen molar-refractivity contribution in [3.05, 3.63) is 41.0 Å². The second-order valence-electron chi connectivity index (χ2n) is 4.47. The van der Waals surface area contributed by atoms with Crippen molar-refractivity contribution in [2.45, 2.75) is 19.9 Å². The highest BCUT2D eigenvalue weighted by molar-refractivity contribution is 5.97. The number of hydrogen-bond donors (Lipinski definition) is 2. The lowest BCUT2D eigenvalue weighted by atomic mass is 10.00. The number of aryl methyl sites for hydroxylation is 1. The Hall–Kier alpha value is -2.37. The monoisotopic (exact) mass is 258 g/mol. The molecule has 2 aromatic rings. The van der Waals surface area contributed by atoms with Crippen molar-refractivity contribution in [2.75, 3.05) is 11.9 Å². The summed E-state index contributed by atoms with van der Waals surface area (Å²) in [5.74, 6) is 1.12. The summed E-state index contributed by atoms with van der Waals surface area (Å²) in [6.45, 7) is 2.93. The molecule has 1 aliphatic rings. The predicted molar refractivity (Wildman–Crippen MR) is 68.8 cm³/mol. The number of nitrogens with zero attached hydrogens (tertiary/aromatic N) is 2. The van der Waals surface area contributed by atoms with E-state index >= 15 is 0 Å². The Morgan fingerprint density at radius 3 is 3.16 bits per heavy atom. The molecule has 0 atom stereocenters. The van der Waals surface area contributed by atoms with Crippen molar-refractivity contribution in [2.24, 2.45) is 0 Å². The fourth-order valence-corrected chi connectivity index (χ4v) is 2.11. The number of fused-ring (bicyclic) bond motifs is 1. The molecule has 0 spiro atoms. The van der Waals surface area contributed by atoms with Gasteiger partial charge in [0.1, 0.15) is 0 Å². The number of aromatic nitrogens is 2. The summed E-state index contributed by atoms with van der Waals surface area (Å²) >= 11 is 0. The third kappa shape index (κ3) is 2.42. The Morgan fingerprint density at radius 2 is 2.37 bits per heavy atom. The van der Waals surface area contributed by atoms with E-state index < -0.39 is 0 Å². The molecule has 1 aliphatic heterocycles. The number of amides is 1. The number of rotatable bonds is 3. The van der Waals surface area contributed by atoms with Gasteiger partial charge in [-0.1, -0.05) is 11.2 Å². The fourth-order valence-electron chi connectivity index (χ4n) is 2.11. The Bertz CT molecular complexity index is 621. The van der Waals surface area contributed by atoms with E-state index in [1.807, 2.05) is 18.2 Å². The maximum atomic E-state index is 11.7. The largest absolute Gasteiger partial charge is 0.376 e. The van der Waals surface area contributed by atoms with Crippen molar-refractivity contribution in [3.63, 3.8) is 0 Å². The van der Waals surface area contributed by atoms with Crippen LogP contribution in [0.5, 0.6) is 0 Å². The van der Waals surface area contributed by atoms with E-state index in [0.29, 0.717) is 24.8 Å². The molecule has 2 heterocycles. The fraction of sp³-hybridized carbons (Fsp3) is 0.308. The van der Waals surface area contributed by atoms with Crippen molar-refractivity contribution >= 4 is 11.6 Å². The van der Waals surface area contributed by atoms with Crippen LogP contribution in [0.15, 0.2) is 22.7 Å². The van der Waals surface area contributed by atoms with Gasteiger partial charge in [0.2, 0.25) is 5.89 Å². The van der Waals surface area contributed by atoms with Gasteiger partial charge in [-0.3, -0.25) is 4.79 Å². The standard InChI is InChI=1S/C13H14N4O2/c1-8-16-12(19-17-8)7-15-10-3-2-9-4-5-14-13(18)11(9)6-10/h2-3,6,15H,4-5,7H2,1H3,(H,14,18). The van der Waals surface area contributed by atoms with E-state index in [0.717, 1.165) is 23.2 Å². The summed E-state index contributed by atoms with van der Waals surface area (Å²) in [6.07, 6.45) is 0.879. The van der Waals surface area contributed by atoms with E-state index in [1.54, 1.807) is 6.92 Å². The lowest BCUT2D eigenvalue weighted by molar-refractivity contribution is 0.0946. The van der Waals surface area contributed by atoms with Crippen molar-refractivity contribution in [3.8, 4) is 0 Å². The van der Waals surface area contributed by atoms with Gasteiger partial charge in [-0.15, -0.1) is 0 Å². The van der Waals surface area contributed by atoms with Gasteiger partial charge in [-0.05, 0) is 31.0 Å². The maximum Gasteiger partial charge on any atom is 0.251 e. The minimum absolute atomic E-state index is 0.0152. The number of hydrogen-bond acceptors (Lipinski definition) is 5. The van der Waals surface area contributed by atoms with E-state index in [1.165, 1.54) is 0 Å². The molecule has 1 aromatic carbocycles. The van der Waals surface area contributed by atoms with Crippen LogP contribution >= 0.6 is 0 Å². The molecule has 1 amide bonds. The van der Waals surface area contributed by atoms with Gasteiger partial charge in [-0.2, -0.15) is 4.98 Å². The Balaban J connectivity index is 1.75. The zero-order chi connectivity index (χ0) is 13.2. The number of carbonyl (C=O) groups excluding carboxylic acids is 1. The first-order valence-corrected chi connectivity index (χ1v) is 6.16. The first kappa shape index (κ1) is 11.7. The molecular formula is C13H14N4O2. The highest BCUT2D eigenvalue weighted by Gasteiger charge is 2.16. The summed E-state index contributed by atoms with van der Waals surface area (Å²) in [5, 5.41) is 9.72.